The number of carbonyl (C=O) groups is 1. The quantitative estimate of drug-likeness (QED) is 0.707. The third-order valence-electron chi connectivity index (χ3n) is 3.68. The predicted octanol–water partition coefficient (Wildman–Crippen LogP) is 0.466. The number of amides is 1. The molecular weight excluding hydrogens is 290 g/mol. The number of nitrogens with zero attached hydrogens (tertiary/aromatic N) is 3. The van der Waals surface area contributed by atoms with Gasteiger partial charge in [-0.15, -0.1) is 4.40 Å². The standard InChI is InChI=1S/C14H15N3O3S/c1-2-13(18)16-7-9-17(10-8-16)14-11-5-3-4-6-12(11)21(19,20)15-14/h2-6H,1,7-10H2. The summed E-state index contributed by atoms with van der Waals surface area (Å²) in [6, 6.07) is 6.82. The molecule has 0 N–H and O–H groups in total. The van der Waals surface area contributed by atoms with Crippen LogP contribution in [0.2, 0.25) is 0 Å². The average Bonchev–Trinajstić information content (AvgIpc) is 2.79. The highest BCUT2D eigenvalue weighted by atomic mass is 32.2. The van der Waals surface area contributed by atoms with Crippen molar-refractivity contribution in [1.29, 1.82) is 0 Å². The lowest BCUT2D eigenvalue weighted by atomic mass is 10.1. The van der Waals surface area contributed by atoms with Crippen LogP contribution in [0.5, 0.6) is 0 Å². The number of hydrogen-bond donors (Lipinski definition) is 0. The van der Waals surface area contributed by atoms with Gasteiger partial charge in [0.25, 0.3) is 10.0 Å². The summed E-state index contributed by atoms with van der Waals surface area (Å²) in [6.45, 7) is 5.66. The first kappa shape index (κ1) is 13.8. The minimum atomic E-state index is -3.59. The van der Waals surface area contributed by atoms with Crippen molar-refractivity contribution in [2.75, 3.05) is 26.2 Å². The van der Waals surface area contributed by atoms with Gasteiger partial charge in [-0.2, -0.15) is 8.42 Å². The van der Waals surface area contributed by atoms with Crippen LogP contribution in [0.4, 0.5) is 0 Å². The lowest BCUT2D eigenvalue weighted by Gasteiger charge is -2.35. The average molecular weight is 305 g/mol. The number of piperazine rings is 1. The number of sulfonamides is 1. The minimum Gasteiger partial charge on any atom is -0.352 e. The van der Waals surface area contributed by atoms with E-state index in [2.05, 4.69) is 11.0 Å². The molecule has 0 spiro atoms. The Bertz CT molecular complexity index is 732. The van der Waals surface area contributed by atoms with Crippen molar-refractivity contribution >= 4 is 21.8 Å². The lowest BCUT2D eigenvalue weighted by Crippen LogP contribution is -2.50. The van der Waals surface area contributed by atoms with Crippen molar-refractivity contribution in [1.82, 2.24) is 9.80 Å². The van der Waals surface area contributed by atoms with Crippen LogP contribution in [-0.4, -0.2) is 56.1 Å². The maximum atomic E-state index is 12.0. The van der Waals surface area contributed by atoms with Crippen LogP contribution in [0, 0.1) is 0 Å². The third kappa shape index (κ3) is 2.33. The molecule has 1 fully saturated rings. The van der Waals surface area contributed by atoms with Gasteiger partial charge in [0.15, 0.2) is 5.84 Å². The number of benzene rings is 1. The minimum absolute atomic E-state index is 0.101. The van der Waals surface area contributed by atoms with Gasteiger partial charge in [-0.3, -0.25) is 4.79 Å². The zero-order valence-electron chi connectivity index (χ0n) is 11.4. The molecule has 2 aliphatic rings. The Balaban J connectivity index is 1.84. The van der Waals surface area contributed by atoms with Crippen LogP contribution < -0.4 is 0 Å². The molecule has 1 amide bonds. The van der Waals surface area contributed by atoms with Crippen LogP contribution in [0.25, 0.3) is 0 Å². The maximum absolute atomic E-state index is 12.0. The van der Waals surface area contributed by atoms with Gasteiger partial charge in [-0.05, 0) is 18.2 Å². The Kier molecular flexibility index (Phi) is 3.29. The van der Waals surface area contributed by atoms with Crippen molar-refractivity contribution in [3.8, 4) is 0 Å². The second-order valence-electron chi connectivity index (χ2n) is 4.90. The Morgan fingerprint density at radius 2 is 1.86 bits per heavy atom. The molecule has 0 unspecified atom stereocenters. The van der Waals surface area contributed by atoms with Crippen LogP contribution in [0.3, 0.4) is 0 Å². The normalized spacial score (nSPS) is 19.9. The number of amidine groups is 1. The van der Waals surface area contributed by atoms with E-state index in [4.69, 9.17) is 0 Å². The summed E-state index contributed by atoms with van der Waals surface area (Å²) in [6.07, 6.45) is 1.29. The highest BCUT2D eigenvalue weighted by molar-refractivity contribution is 7.90. The predicted molar refractivity (Wildman–Crippen MR) is 78.5 cm³/mol. The van der Waals surface area contributed by atoms with Gasteiger partial charge in [-0.1, -0.05) is 18.7 Å². The number of hydrogen-bond acceptors (Lipinski definition) is 4. The van der Waals surface area contributed by atoms with Crippen LogP contribution in [0.1, 0.15) is 5.56 Å². The van der Waals surface area contributed by atoms with Gasteiger partial charge in [0.05, 0.1) is 0 Å². The number of fused-ring (bicyclic) bond motifs is 1. The van der Waals surface area contributed by atoms with Gasteiger partial charge < -0.3 is 9.80 Å². The summed E-state index contributed by atoms with van der Waals surface area (Å²) in [5, 5.41) is 0. The van der Waals surface area contributed by atoms with E-state index in [1.807, 2.05) is 4.90 Å². The Morgan fingerprint density at radius 3 is 2.52 bits per heavy atom. The smallest absolute Gasteiger partial charge is 0.285 e. The van der Waals surface area contributed by atoms with E-state index in [-0.39, 0.29) is 10.8 Å². The first-order chi connectivity index (χ1) is 10.0. The molecule has 0 aromatic heterocycles. The van der Waals surface area contributed by atoms with Crippen LogP contribution in [-0.2, 0) is 14.8 Å². The third-order valence-corrected chi connectivity index (χ3v) is 5.00. The molecular formula is C14H15N3O3S. The van der Waals surface area contributed by atoms with E-state index in [1.165, 1.54) is 6.08 Å². The largest absolute Gasteiger partial charge is 0.352 e. The molecule has 0 bridgehead atoms. The van der Waals surface area contributed by atoms with E-state index in [0.717, 1.165) is 0 Å². The summed E-state index contributed by atoms with van der Waals surface area (Å²) in [7, 11) is -3.59. The molecule has 7 heteroatoms. The van der Waals surface area contributed by atoms with Crippen molar-refractivity contribution in [3.63, 3.8) is 0 Å². The highest BCUT2D eigenvalue weighted by Gasteiger charge is 2.33. The van der Waals surface area contributed by atoms with Crippen molar-refractivity contribution in [2.45, 2.75) is 4.90 Å². The molecule has 1 aromatic carbocycles. The fourth-order valence-electron chi connectivity index (χ4n) is 2.58. The molecule has 0 aliphatic carbocycles. The van der Waals surface area contributed by atoms with Crippen LogP contribution >= 0.6 is 0 Å². The molecule has 1 saturated heterocycles. The maximum Gasteiger partial charge on any atom is 0.285 e. The van der Waals surface area contributed by atoms with E-state index in [0.29, 0.717) is 37.6 Å². The molecule has 2 aliphatic heterocycles. The second-order valence-corrected chi connectivity index (χ2v) is 6.48. The number of rotatable bonds is 1. The Hall–Kier alpha value is -2.15. The SMILES string of the molecule is C=CC(=O)N1CCN(C2=NS(=O)(=O)c3ccccc32)CC1. The van der Waals surface area contributed by atoms with Crippen molar-refractivity contribution in [3.05, 3.63) is 42.5 Å². The summed E-state index contributed by atoms with van der Waals surface area (Å²) < 4.78 is 28.0. The lowest BCUT2D eigenvalue weighted by molar-refractivity contribution is -0.127. The van der Waals surface area contributed by atoms with Crippen molar-refractivity contribution in [2.24, 2.45) is 4.40 Å². The first-order valence-electron chi connectivity index (χ1n) is 6.63. The van der Waals surface area contributed by atoms with E-state index < -0.39 is 10.0 Å². The Morgan fingerprint density at radius 1 is 1.19 bits per heavy atom. The molecule has 0 radical (unpaired) electrons. The summed E-state index contributed by atoms with van der Waals surface area (Å²) in [5.41, 5.74) is 0.640. The van der Waals surface area contributed by atoms with Gasteiger partial charge in [0, 0.05) is 31.7 Å². The second kappa shape index (κ2) is 5.00. The molecule has 0 saturated carbocycles. The van der Waals surface area contributed by atoms with Crippen molar-refractivity contribution < 1.29 is 13.2 Å². The van der Waals surface area contributed by atoms with Gasteiger partial charge in [0.2, 0.25) is 5.91 Å². The van der Waals surface area contributed by atoms with E-state index in [1.54, 1.807) is 29.2 Å². The topological polar surface area (TPSA) is 70.1 Å². The molecule has 1 aromatic rings. The summed E-state index contributed by atoms with van der Waals surface area (Å²) in [5.74, 6) is 0.382. The van der Waals surface area contributed by atoms with Gasteiger partial charge >= 0.3 is 0 Å². The zero-order chi connectivity index (χ0) is 15.0. The molecule has 0 atom stereocenters. The first-order valence-corrected chi connectivity index (χ1v) is 8.07. The van der Waals surface area contributed by atoms with Gasteiger partial charge in [-0.25, -0.2) is 0 Å². The van der Waals surface area contributed by atoms with E-state index >= 15 is 0 Å². The molecule has 6 nitrogen and oxygen atoms in total. The summed E-state index contributed by atoms with van der Waals surface area (Å²) >= 11 is 0. The fraction of sp³-hybridized carbons (Fsp3) is 0.286. The number of carbonyl (C=O) groups excluding carboxylic acids is 1. The van der Waals surface area contributed by atoms with Crippen LogP contribution in [0.15, 0.2) is 46.2 Å². The molecule has 110 valence electrons. The molecule has 3 rings (SSSR count). The fourth-order valence-corrected chi connectivity index (χ4v) is 3.81. The Labute approximate surface area is 123 Å². The van der Waals surface area contributed by atoms with E-state index in [9.17, 15) is 13.2 Å². The molecule has 2 heterocycles. The van der Waals surface area contributed by atoms with Gasteiger partial charge in [0.1, 0.15) is 4.90 Å². The molecule has 21 heavy (non-hydrogen) atoms. The monoisotopic (exact) mass is 305 g/mol. The zero-order valence-corrected chi connectivity index (χ0v) is 12.2. The highest BCUT2D eigenvalue weighted by Crippen LogP contribution is 2.27. The summed E-state index contributed by atoms with van der Waals surface area (Å²) in [4.78, 5) is 15.4.